The summed E-state index contributed by atoms with van der Waals surface area (Å²) in [6, 6.07) is 12.4. The van der Waals surface area contributed by atoms with Crippen LogP contribution >= 0.6 is 0 Å². The van der Waals surface area contributed by atoms with E-state index in [9.17, 15) is 0 Å². The molecule has 2 aromatic carbocycles. The summed E-state index contributed by atoms with van der Waals surface area (Å²) in [6.45, 7) is 4.60. The van der Waals surface area contributed by atoms with Crippen molar-refractivity contribution in [2.24, 2.45) is 0 Å². The first-order valence-electron chi connectivity index (χ1n) is 7.43. The monoisotopic (exact) mass is 332 g/mol. The van der Waals surface area contributed by atoms with E-state index in [-0.39, 0.29) is 0 Å². The Hall–Kier alpha value is -2.14. The quantitative estimate of drug-likeness (QED) is 0.762. The highest BCUT2D eigenvalue weighted by Gasteiger charge is 2.29. The maximum absolute atomic E-state index is 5.48. The molecule has 0 aliphatic rings. The van der Waals surface area contributed by atoms with E-state index < -0.39 is 8.07 Å². The molecular formula is C18H24O4Si. The molecule has 5 heteroatoms. The molecule has 0 spiro atoms. The van der Waals surface area contributed by atoms with E-state index in [0.29, 0.717) is 17.2 Å². The average molecular weight is 332 g/mol. The number of benzene rings is 2. The van der Waals surface area contributed by atoms with Gasteiger partial charge in [-0.1, -0.05) is 30.4 Å². The first kappa shape index (κ1) is 17.2. The number of hydrogen-bond donors (Lipinski definition) is 0. The zero-order valence-corrected chi connectivity index (χ0v) is 15.6. The van der Waals surface area contributed by atoms with Gasteiger partial charge in [0.1, 0.15) is 13.8 Å². The lowest BCUT2D eigenvalue weighted by atomic mass is 10.3. The van der Waals surface area contributed by atoms with Gasteiger partial charge in [-0.2, -0.15) is 0 Å². The third kappa shape index (κ3) is 3.29. The van der Waals surface area contributed by atoms with Crippen LogP contribution in [0.2, 0.25) is 13.1 Å². The van der Waals surface area contributed by atoms with Crippen LogP contribution in [0.5, 0.6) is 23.0 Å². The van der Waals surface area contributed by atoms with Crippen LogP contribution in [0.15, 0.2) is 36.4 Å². The smallest absolute Gasteiger partial charge is 0.203 e. The third-order valence-electron chi connectivity index (χ3n) is 4.20. The van der Waals surface area contributed by atoms with E-state index in [4.69, 9.17) is 18.9 Å². The van der Waals surface area contributed by atoms with Crippen LogP contribution in [0.1, 0.15) is 0 Å². The summed E-state index contributed by atoms with van der Waals surface area (Å²) in [5.74, 6) is 2.87. The lowest BCUT2D eigenvalue weighted by Gasteiger charge is -2.26. The van der Waals surface area contributed by atoms with Crippen molar-refractivity contribution in [3.8, 4) is 23.0 Å². The van der Waals surface area contributed by atoms with Gasteiger partial charge < -0.3 is 18.9 Å². The Kier molecular flexibility index (Phi) is 5.21. The molecule has 0 fully saturated rings. The van der Waals surface area contributed by atoms with E-state index >= 15 is 0 Å². The lowest BCUT2D eigenvalue weighted by Crippen LogP contribution is -2.52. The van der Waals surface area contributed by atoms with Gasteiger partial charge in [0.05, 0.1) is 28.4 Å². The molecule has 0 bridgehead atoms. The molecule has 0 heterocycles. The fourth-order valence-corrected chi connectivity index (χ4v) is 4.93. The van der Waals surface area contributed by atoms with Crippen molar-refractivity contribution in [2.75, 3.05) is 28.4 Å². The highest BCUT2D eigenvalue weighted by molar-refractivity contribution is 7.00. The van der Waals surface area contributed by atoms with Crippen molar-refractivity contribution in [1.82, 2.24) is 0 Å². The van der Waals surface area contributed by atoms with Crippen LogP contribution in [0.25, 0.3) is 0 Å². The SMILES string of the molecule is COc1ccc([Si](C)(C)c2cc(OC)c(OC)c(OC)c2)cc1. The Bertz CT molecular complexity index is 640. The largest absolute Gasteiger partial charge is 0.497 e. The van der Waals surface area contributed by atoms with Crippen molar-refractivity contribution >= 4 is 18.4 Å². The van der Waals surface area contributed by atoms with Crippen LogP contribution < -0.4 is 29.3 Å². The molecule has 2 aromatic rings. The fourth-order valence-electron chi connectivity index (χ4n) is 2.62. The van der Waals surface area contributed by atoms with E-state index in [1.165, 1.54) is 10.4 Å². The van der Waals surface area contributed by atoms with Crippen LogP contribution in [0.4, 0.5) is 0 Å². The summed E-state index contributed by atoms with van der Waals surface area (Å²) in [6.07, 6.45) is 0. The Morgan fingerprint density at radius 1 is 0.652 bits per heavy atom. The molecule has 0 radical (unpaired) electrons. The molecule has 0 aliphatic heterocycles. The summed E-state index contributed by atoms with van der Waals surface area (Å²) >= 11 is 0. The lowest BCUT2D eigenvalue weighted by molar-refractivity contribution is 0.325. The maximum atomic E-state index is 5.48. The minimum Gasteiger partial charge on any atom is -0.497 e. The second kappa shape index (κ2) is 6.96. The highest BCUT2D eigenvalue weighted by atomic mass is 28.3. The first-order valence-corrected chi connectivity index (χ1v) is 10.4. The van der Waals surface area contributed by atoms with E-state index in [1.807, 2.05) is 12.1 Å². The van der Waals surface area contributed by atoms with E-state index in [1.54, 1.807) is 28.4 Å². The molecule has 0 saturated heterocycles. The summed E-state index contributed by atoms with van der Waals surface area (Å²) < 4.78 is 21.6. The number of ether oxygens (including phenoxy) is 4. The Morgan fingerprint density at radius 2 is 1.17 bits per heavy atom. The molecule has 0 N–H and O–H groups in total. The summed E-state index contributed by atoms with van der Waals surface area (Å²) in [5, 5.41) is 2.53. The van der Waals surface area contributed by atoms with Gasteiger partial charge in [-0.3, -0.25) is 0 Å². The van der Waals surface area contributed by atoms with Gasteiger partial charge in [0.25, 0.3) is 0 Å². The molecule has 4 nitrogen and oxygen atoms in total. The zero-order valence-electron chi connectivity index (χ0n) is 14.6. The number of methoxy groups -OCH3 is 4. The minimum atomic E-state index is -1.89. The van der Waals surface area contributed by atoms with Crippen molar-refractivity contribution < 1.29 is 18.9 Å². The van der Waals surface area contributed by atoms with Crippen LogP contribution in [-0.4, -0.2) is 36.5 Å². The number of hydrogen-bond acceptors (Lipinski definition) is 4. The maximum Gasteiger partial charge on any atom is 0.203 e. The topological polar surface area (TPSA) is 36.9 Å². The second-order valence-electron chi connectivity index (χ2n) is 5.77. The van der Waals surface area contributed by atoms with Gasteiger partial charge >= 0.3 is 0 Å². The summed E-state index contributed by atoms with van der Waals surface area (Å²) in [7, 11) is 4.68. The van der Waals surface area contributed by atoms with Gasteiger partial charge in [-0.05, 0) is 29.5 Å². The van der Waals surface area contributed by atoms with Crippen molar-refractivity contribution in [3.05, 3.63) is 36.4 Å². The first-order chi connectivity index (χ1) is 11.0. The molecular weight excluding hydrogens is 308 g/mol. The Labute approximate surface area is 139 Å². The van der Waals surface area contributed by atoms with Crippen LogP contribution in [-0.2, 0) is 0 Å². The summed E-state index contributed by atoms with van der Waals surface area (Å²) in [5.41, 5.74) is 0. The summed E-state index contributed by atoms with van der Waals surface area (Å²) in [4.78, 5) is 0. The van der Waals surface area contributed by atoms with Crippen molar-refractivity contribution in [3.63, 3.8) is 0 Å². The molecule has 2 rings (SSSR count). The van der Waals surface area contributed by atoms with Crippen molar-refractivity contribution in [1.29, 1.82) is 0 Å². The minimum absolute atomic E-state index is 0.623. The third-order valence-corrected chi connectivity index (χ3v) is 7.71. The van der Waals surface area contributed by atoms with E-state index in [0.717, 1.165) is 5.75 Å². The standard InChI is InChI=1S/C18H24O4Si/c1-19-13-7-9-14(10-8-13)23(5,6)15-11-16(20-2)18(22-4)17(12-15)21-3/h7-12H,1-6H3. The zero-order chi connectivity index (χ0) is 17.0. The predicted octanol–water partition coefficient (Wildman–Crippen LogP) is 2.54. The second-order valence-corrected chi connectivity index (χ2v) is 10.2. The molecule has 0 unspecified atom stereocenters. The molecule has 0 saturated carbocycles. The predicted molar refractivity (Wildman–Crippen MR) is 95.8 cm³/mol. The molecule has 0 aromatic heterocycles. The van der Waals surface area contributed by atoms with Gasteiger partial charge in [0.15, 0.2) is 11.5 Å². The van der Waals surface area contributed by atoms with Gasteiger partial charge in [-0.25, -0.2) is 0 Å². The highest BCUT2D eigenvalue weighted by Crippen LogP contribution is 2.36. The van der Waals surface area contributed by atoms with Gasteiger partial charge in [0.2, 0.25) is 5.75 Å². The number of rotatable bonds is 6. The molecule has 124 valence electrons. The Balaban J connectivity index is 2.53. The molecule has 23 heavy (non-hydrogen) atoms. The average Bonchev–Trinajstić information content (AvgIpc) is 2.60. The van der Waals surface area contributed by atoms with Gasteiger partial charge in [-0.15, -0.1) is 0 Å². The van der Waals surface area contributed by atoms with Crippen LogP contribution in [0, 0.1) is 0 Å². The normalized spacial score (nSPS) is 11.0. The Morgan fingerprint density at radius 3 is 1.57 bits per heavy atom. The van der Waals surface area contributed by atoms with E-state index in [2.05, 4.69) is 37.4 Å². The molecule has 0 atom stereocenters. The molecule has 0 aliphatic carbocycles. The van der Waals surface area contributed by atoms with Crippen molar-refractivity contribution in [2.45, 2.75) is 13.1 Å². The fraction of sp³-hybridized carbons (Fsp3) is 0.333. The van der Waals surface area contributed by atoms with Crippen LogP contribution in [0.3, 0.4) is 0 Å². The molecule has 0 amide bonds. The van der Waals surface area contributed by atoms with Gasteiger partial charge in [0, 0.05) is 0 Å².